The Kier molecular flexibility index (Phi) is 4.57. The molecule has 0 spiro atoms. The van der Waals surface area contributed by atoms with E-state index in [-0.39, 0.29) is 5.97 Å². The highest BCUT2D eigenvalue weighted by molar-refractivity contribution is 5.95. The van der Waals surface area contributed by atoms with Crippen LogP contribution in [-0.2, 0) is 4.74 Å². The molecule has 1 heterocycles. The molecule has 0 fully saturated rings. The predicted octanol–water partition coefficient (Wildman–Crippen LogP) is 4.14. The van der Waals surface area contributed by atoms with Crippen molar-refractivity contribution in [2.75, 3.05) is 7.11 Å². The van der Waals surface area contributed by atoms with Crippen LogP contribution in [0.2, 0.25) is 0 Å². The molecule has 0 aliphatic heterocycles. The fourth-order valence-electron chi connectivity index (χ4n) is 2.55. The largest absolute Gasteiger partial charge is 0.465 e. The molecular weight excluding hydrogens is 300 g/mol. The molecule has 3 aromatic rings. The van der Waals surface area contributed by atoms with Crippen LogP contribution < -0.4 is 0 Å². The van der Waals surface area contributed by atoms with Gasteiger partial charge in [-0.2, -0.15) is 5.10 Å². The van der Waals surface area contributed by atoms with E-state index in [9.17, 15) is 4.79 Å². The van der Waals surface area contributed by atoms with Crippen molar-refractivity contribution >= 4 is 18.1 Å². The van der Waals surface area contributed by atoms with Gasteiger partial charge in [0.2, 0.25) is 0 Å². The molecular formula is C20H18N2O2. The lowest BCUT2D eigenvalue weighted by Crippen LogP contribution is -2.05. The number of carbonyl (C=O) groups is 1. The second kappa shape index (κ2) is 6.96. The Hall–Kier alpha value is -3.14. The Morgan fingerprint density at radius 2 is 1.62 bits per heavy atom. The van der Waals surface area contributed by atoms with Crippen molar-refractivity contribution in [1.29, 1.82) is 0 Å². The van der Waals surface area contributed by atoms with Crippen LogP contribution in [0.1, 0.15) is 27.3 Å². The third-order valence-electron chi connectivity index (χ3n) is 3.77. The molecule has 0 unspecified atom stereocenters. The molecule has 0 N–H and O–H groups in total. The molecule has 0 saturated heterocycles. The lowest BCUT2D eigenvalue weighted by atomic mass is 10.1. The van der Waals surface area contributed by atoms with E-state index in [1.54, 1.807) is 4.68 Å². The SMILES string of the molecule is COC(=O)c1c(/C=C/c2ccccc2)nn(-c2ccccc2)c1C. The van der Waals surface area contributed by atoms with E-state index >= 15 is 0 Å². The van der Waals surface area contributed by atoms with Gasteiger partial charge in [-0.15, -0.1) is 0 Å². The maximum absolute atomic E-state index is 12.2. The molecule has 0 bridgehead atoms. The van der Waals surface area contributed by atoms with Crippen molar-refractivity contribution < 1.29 is 9.53 Å². The summed E-state index contributed by atoms with van der Waals surface area (Å²) in [7, 11) is 1.38. The first kappa shape index (κ1) is 15.7. The smallest absolute Gasteiger partial charge is 0.341 e. The van der Waals surface area contributed by atoms with Crippen molar-refractivity contribution in [2.24, 2.45) is 0 Å². The zero-order valence-corrected chi connectivity index (χ0v) is 13.6. The molecule has 4 nitrogen and oxygen atoms in total. The van der Waals surface area contributed by atoms with Gasteiger partial charge >= 0.3 is 5.97 Å². The van der Waals surface area contributed by atoms with E-state index in [1.807, 2.05) is 79.7 Å². The molecule has 24 heavy (non-hydrogen) atoms. The minimum atomic E-state index is -0.387. The Morgan fingerprint density at radius 3 is 2.25 bits per heavy atom. The second-order valence-electron chi connectivity index (χ2n) is 5.33. The van der Waals surface area contributed by atoms with E-state index in [2.05, 4.69) is 5.10 Å². The van der Waals surface area contributed by atoms with E-state index in [1.165, 1.54) is 7.11 Å². The van der Waals surface area contributed by atoms with Gasteiger partial charge in [0, 0.05) is 0 Å². The van der Waals surface area contributed by atoms with Crippen LogP contribution in [0.4, 0.5) is 0 Å². The molecule has 0 aliphatic rings. The molecule has 0 radical (unpaired) electrons. The highest BCUT2D eigenvalue weighted by Crippen LogP contribution is 2.21. The zero-order chi connectivity index (χ0) is 16.9. The number of carbonyl (C=O) groups excluding carboxylic acids is 1. The van der Waals surface area contributed by atoms with Crippen LogP contribution >= 0.6 is 0 Å². The highest BCUT2D eigenvalue weighted by atomic mass is 16.5. The van der Waals surface area contributed by atoms with Crippen LogP contribution in [-0.4, -0.2) is 22.9 Å². The molecule has 1 aromatic heterocycles. The lowest BCUT2D eigenvalue weighted by Gasteiger charge is -2.04. The van der Waals surface area contributed by atoms with Crippen molar-refractivity contribution in [3.8, 4) is 5.69 Å². The number of hydrogen-bond donors (Lipinski definition) is 0. The summed E-state index contributed by atoms with van der Waals surface area (Å²) in [4.78, 5) is 12.2. The van der Waals surface area contributed by atoms with Crippen LogP contribution in [0, 0.1) is 6.92 Å². The van der Waals surface area contributed by atoms with Gasteiger partial charge in [-0.05, 0) is 30.7 Å². The number of rotatable bonds is 4. The predicted molar refractivity (Wildman–Crippen MR) is 95.0 cm³/mol. The van der Waals surface area contributed by atoms with E-state index < -0.39 is 0 Å². The van der Waals surface area contributed by atoms with Gasteiger partial charge in [0.05, 0.1) is 18.5 Å². The minimum Gasteiger partial charge on any atom is -0.465 e. The first-order chi connectivity index (χ1) is 11.7. The Morgan fingerprint density at radius 1 is 1.00 bits per heavy atom. The normalized spacial score (nSPS) is 10.9. The zero-order valence-electron chi connectivity index (χ0n) is 13.6. The van der Waals surface area contributed by atoms with Crippen molar-refractivity contribution in [3.63, 3.8) is 0 Å². The number of benzene rings is 2. The maximum Gasteiger partial charge on any atom is 0.341 e. The number of ether oxygens (including phenoxy) is 1. The number of esters is 1. The minimum absolute atomic E-state index is 0.387. The van der Waals surface area contributed by atoms with E-state index in [4.69, 9.17) is 4.74 Å². The quantitative estimate of drug-likeness (QED) is 0.679. The van der Waals surface area contributed by atoms with Gasteiger partial charge in [0.1, 0.15) is 11.3 Å². The number of para-hydroxylation sites is 1. The van der Waals surface area contributed by atoms with Crippen LogP contribution in [0.3, 0.4) is 0 Å². The summed E-state index contributed by atoms with van der Waals surface area (Å²) in [6, 6.07) is 19.6. The fourth-order valence-corrected chi connectivity index (χ4v) is 2.55. The monoisotopic (exact) mass is 318 g/mol. The topological polar surface area (TPSA) is 44.1 Å². The Balaban J connectivity index is 2.08. The van der Waals surface area contributed by atoms with Crippen molar-refractivity contribution in [1.82, 2.24) is 9.78 Å². The molecule has 2 aromatic carbocycles. The van der Waals surface area contributed by atoms with E-state index in [0.29, 0.717) is 11.3 Å². The molecule has 3 rings (SSSR count). The third-order valence-corrected chi connectivity index (χ3v) is 3.77. The van der Waals surface area contributed by atoms with Gasteiger partial charge in [0.25, 0.3) is 0 Å². The summed E-state index contributed by atoms with van der Waals surface area (Å²) in [6.45, 7) is 1.87. The maximum atomic E-state index is 12.2. The number of hydrogen-bond acceptors (Lipinski definition) is 3. The first-order valence-electron chi connectivity index (χ1n) is 7.67. The van der Waals surface area contributed by atoms with Gasteiger partial charge in [-0.1, -0.05) is 54.6 Å². The average Bonchev–Trinajstić information content (AvgIpc) is 2.97. The van der Waals surface area contributed by atoms with Gasteiger partial charge in [0.15, 0.2) is 0 Å². The number of methoxy groups -OCH3 is 1. The Labute approximate surface area is 141 Å². The molecule has 0 aliphatic carbocycles. The summed E-state index contributed by atoms with van der Waals surface area (Å²) < 4.78 is 6.69. The molecule has 0 saturated carbocycles. The fraction of sp³-hybridized carbons (Fsp3) is 0.100. The van der Waals surface area contributed by atoms with Gasteiger partial charge < -0.3 is 4.74 Å². The van der Waals surface area contributed by atoms with Crippen LogP contribution in [0.25, 0.3) is 17.8 Å². The summed E-state index contributed by atoms with van der Waals surface area (Å²) in [5.74, 6) is -0.387. The summed E-state index contributed by atoms with van der Waals surface area (Å²) >= 11 is 0. The summed E-state index contributed by atoms with van der Waals surface area (Å²) in [6.07, 6.45) is 3.78. The Bertz CT molecular complexity index is 865. The number of nitrogens with zero attached hydrogens (tertiary/aromatic N) is 2. The average molecular weight is 318 g/mol. The number of aromatic nitrogens is 2. The second-order valence-corrected chi connectivity index (χ2v) is 5.33. The summed E-state index contributed by atoms with van der Waals surface area (Å²) in [5, 5.41) is 4.59. The highest BCUT2D eigenvalue weighted by Gasteiger charge is 2.21. The van der Waals surface area contributed by atoms with Crippen molar-refractivity contribution in [3.05, 3.63) is 83.2 Å². The molecule has 120 valence electrons. The van der Waals surface area contributed by atoms with Crippen LogP contribution in [0.5, 0.6) is 0 Å². The molecule has 4 heteroatoms. The van der Waals surface area contributed by atoms with Crippen molar-refractivity contribution in [2.45, 2.75) is 6.92 Å². The summed E-state index contributed by atoms with van der Waals surface area (Å²) in [5.41, 5.74) is 3.76. The third kappa shape index (κ3) is 3.13. The first-order valence-corrected chi connectivity index (χ1v) is 7.67. The van der Waals surface area contributed by atoms with Gasteiger partial charge in [-0.25, -0.2) is 9.48 Å². The lowest BCUT2D eigenvalue weighted by molar-refractivity contribution is 0.0599. The molecule has 0 amide bonds. The van der Waals surface area contributed by atoms with Crippen LogP contribution in [0.15, 0.2) is 60.7 Å². The standard InChI is InChI=1S/C20H18N2O2/c1-15-19(20(23)24-2)18(14-13-16-9-5-3-6-10-16)21-22(15)17-11-7-4-8-12-17/h3-14H,1-2H3/b14-13+. The van der Waals surface area contributed by atoms with E-state index in [0.717, 1.165) is 16.9 Å². The molecule has 0 atom stereocenters. The van der Waals surface area contributed by atoms with Gasteiger partial charge in [-0.3, -0.25) is 0 Å².